The number of ether oxygens (including phenoxy) is 2. The number of benzene rings is 2. The summed E-state index contributed by atoms with van der Waals surface area (Å²) >= 11 is 11.8. The minimum Gasteiger partial charge on any atom is -0.493 e. The number of rotatable bonds is 5. The molecule has 0 unspecified atom stereocenters. The predicted octanol–water partition coefficient (Wildman–Crippen LogP) is 4.53. The van der Waals surface area contributed by atoms with Gasteiger partial charge in [0.1, 0.15) is 12.4 Å². The Morgan fingerprint density at radius 1 is 1.29 bits per heavy atom. The fourth-order valence-corrected chi connectivity index (χ4v) is 2.23. The van der Waals surface area contributed by atoms with E-state index in [1.807, 2.05) is 0 Å². The van der Waals surface area contributed by atoms with Crippen LogP contribution in [0.2, 0.25) is 10.0 Å². The number of methoxy groups -OCH3 is 1. The molecule has 0 atom stereocenters. The van der Waals surface area contributed by atoms with Crippen LogP contribution in [0.3, 0.4) is 0 Å². The summed E-state index contributed by atoms with van der Waals surface area (Å²) in [6.45, 7) is -0.135. The van der Waals surface area contributed by atoms with Gasteiger partial charge in [0.15, 0.2) is 17.8 Å². The molecule has 0 aromatic heterocycles. The molecule has 0 saturated carbocycles. The maximum absolute atomic E-state index is 13.7. The molecule has 2 aromatic rings. The van der Waals surface area contributed by atoms with Crippen molar-refractivity contribution in [3.63, 3.8) is 0 Å². The molecular formula is C15H11Cl2FO3. The highest BCUT2D eigenvalue weighted by Gasteiger charge is 2.15. The molecule has 0 aliphatic carbocycles. The van der Waals surface area contributed by atoms with Gasteiger partial charge in [-0.15, -0.1) is 0 Å². The molecule has 3 nitrogen and oxygen atoms in total. The molecule has 21 heavy (non-hydrogen) atoms. The van der Waals surface area contributed by atoms with Gasteiger partial charge in [0.2, 0.25) is 0 Å². The normalized spacial score (nSPS) is 10.3. The second kappa shape index (κ2) is 6.78. The topological polar surface area (TPSA) is 35.5 Å². The van der Waals surface area contributed by atoms with E-state index < -0.39 is 5.82 Å². The second-order valence-electron chi connectivity index (χ2n) is 4.13. The first-order valence-electron chi connectivity index (χ1n) is 5.95. The van der Waals surface area contributed by atoms with E-state index in [-0.39, 0.29) is 34.3 Å². The molecule has 0 amide bonds. The largest absolute Gasteiger partial charge is 0.493 e. The molecule has 0 fully saturated rings. The number of aldehydes is 1. The summed E-state index contributed by atoms with van der Waals surface area (Å²) in [5, 5.41) is 0.584. The van der Waals surface area contributed by atoms with Crippen molar-refractivity contribution in [3.05, 3.63) is 57.3 Å². The lowest BCUT2D eigenvalue weighted by atomic mass is 10.2. The fourth-order valence-electron chi connectivity index (χ4n) is 1.80. The van der Waals surface area contributed by atoms with Crippen molar-refractivity contribution in [3.8, 4) is 11.5 Å². The van der Waals surface area contributed by atoms with Crippen LogP contribution in [-0.4, -0.2) is 13.4 Å². The Morgan fingerprint density at radius 3 is 2.67 bits per heavy atom. The third-order valence-electron chi connectivity index (χ3n) is 2.82. The average Bonchev–Trinajstić information content (AvgIpc) is 2.47. The Labute approximate surface area is 131 Å². The van der Waals surface area contributed by atoms with Crippen LogP contribution in [0.4, 0.5) is 4.39 Å². The highest BCUT2D eigenvalue weighted by Crippen LogP contribution is 2.35. The molecular weight excluding hydrogens is 318 g/mol. The Hall–Kier alpha value is -1.78. The molecule has 2 rings (SSSR count). The number of carbonyl (C=O) groups excluding carboxylic acids is 1. The molecule has 0 aliphatic rings. The van der Waals surface area contributed by atoms with Crippen molar-refractivity contribution in [1.29, 1.82) is 0 Å². The van der Waals surface area contributed by atoms with E-state index in [0.717, 1.165) is 0 Å². The lowest BCUT2D eigenvalue weighted by Crippen LogP contribution is -2.03. The molecule has 0 saturated heterocycles. The summed E-state index contributed by atoms with van der Waals surface area (Å²) in [6.07, 6.45) is 0.590. The lowest BCUT2D eigenvalue weighted by Gasteiger charge is -2.14. The third-order valence-corrected chi connectivity index (χ3v) is 3.39. The summed E-state index contributed by atoms with van der Waals surface area (Å²) in [5.41, 5.74) is 0.417. The number of halogens is 3. The zero-order valence-corrected chi connectivity index (χ0v) is 12.5. The zero-order valence-electron chi connectivity index (χ0n) is 11.0. The summed E-state index contributed by atoms with van der Waals surface area (Å²) in [5.74, 6) is -0.00337. The molecule has 0 spiro atoms. The number of hydrogen-bond donors (Lipinski definition) is 0. The predicted molar refractivity (Wildman–Crippen MR) is 79.1 cm³/mol. The van der Waals surface area contributed by atoms with Gasteiger partial charge in [0.05, 0.1) is 17.7 Å². The fraction of sp³-hybridized carbons (Fsp3) is 0.133. The zero-order chi connectivity index (χ0) is 15.4. The monoisotopic (exact) mass is 328 g/mol. The van der Waals surface area contributed by atoms with E-state index in [0.29, 0.717) is 11.3 Å². The second-order valence-corrected chi connectivity index (χ2v) is 4.98. The van der Waals surface area contributed by atoms with Crippen LogP contribution in [0.5, 0.6) is 11.5 Å². The number of carbonyl (C=O) groups is 1. The molecule has 2 aromatic carbocycles. The first-order chi connectivity index (χ1) is 10.1. The van der Waals surface area contributed by atoms with Crippen LogP contribution in [0.15, 0.2) is 30.3 Å². The molecule has 0 heterocycles. The highest BCUT2D eigenvalue weighted by atomic mass is 35.5. The highest BCUT2D eigenvalue weighted by molar-refractivity contribution is 6.31. The maximum Gasteiger partial charge on any atom is 0.172 e. The van der Waals surface area contributed by atoms with Gasteiger partial charge < -0.3 is 9.47 Å². The van der Waals surface area contributed by atoms with E-state index >= 15 is 0 Å². The summed E-state index contributed by atoms with van der Waals surface area (Å²) in [4.78, 5) is 11.1. The van der Waals surface area contributed by atoms with Crippen molar-refractivity contribution >= 4 is 29.5 Å². The van der Waals surface area contributed by atoms with Crippen LogP contribution in [0.1, 0.15) is 15.9 Å². The Balaban J connectivity index is 2.34. The van der Waals surface area contributed by atoms with Gasteiger partial charge in [-0.1, -0.05) is 29.3 Å². The van der Waals surface area contributed by atoms with Gasteiger partial charge in [0, 0.05) is 16.7 Å². The SMILES string of the molecule is COc1cc(Cl)cc(C=O)c1OCc1c(F)cccc1Cl. The van der Waals surface area contributed by atoms with Gasteiger partial charge in [-0.2, -0.15) is 0 Å². The van der Waals surface area contributed by atoms with Crippen LogP contribution < -0.4 is 9.47 Å². The smallest absolute Gasteiger partial charge is 0.172 e. The standard InChI is InChI=1S/C15H11Cl2FO3/c1-20-14-6-10(16)5-9(7-19)15(14)21-8-11-12(17)3-2-4-13(11)18/h2-7H,8H2,1H3. The van der Waals surface area contributed by atoms with Gasteiger partial charge in [0.25, 0.3) is 0 Å². The van der Waals surface area contributed by atoms with Crippen LogP contribution in [-0.2, 0) is 6.61 Å². The number of hydrogen-bond acceptors (Lipinski definition) is 3. The lowest BCUT2D eigenvalue weighted by molar-refractivity contribution is 0.111. The summed E-state index contributed by atoms with van der Waals surface area (Å²) in [6, 6.07) is 7.29. The Bertz CT molecular complexity index is 654. The minimum absolute atomic E-state index is 0.135. The van der Waals surface area contributed by atoms with Crippen molar-refractivity contribution < 1.29 is 18.7 Å². The average molecular weight is 329 g/mol. The van der Waals surface area contributed by atoms with E-state index in [1.54, 1.807) is 6.07 Å². The molecule has 0 radical (unpaired) electrons. The molecule has 0 bridgehead atoms. The van der Waals surface area contributed by atoms with Gasteiger partial charge in [-0.3, -0.25) is 4.79 Å². The molecule has 0 aliphatic heterocycles. The van der Waals surface area contributed by atoms with E-state index in [9.17, 15) is 9.18 Å². The third kappa shape index (κ3) is 3.46. The Kier molecular flexibility index (Phi) is 5.04. The van der Waals surface area contributed by atoms with E-state index in [2.05, 4.69) is 0 Å². The van der Waals surface area contributed by atoms with E-state index in [1.165, 1.54) is 31.4 Å². The first kappa shape index (κ1) is 15.6. The maximum atomic E-state index is 13.7. The van der Waals surface area contributed by atoms with Crippen LogP contribution in [0, 0.1) is 5.82 Å². The van der Waals surface area contributed by atoms with Crippen LogP contribution in [0.25, 0.3) is 0 Å². The summed E-state index contributed by atoms with van der Waals surface area (Å²) in [7, 11) is 1.42. The minimum atomic E-state index is -0.483. The van der Waals surface area contributed by atoms with Gasteiger partial charge >= 0.3 is 0 Å². The first-order valence-corrected chi connectivity index (χ1v) is 6.70. The van der Waals surface area contributed by atoms with Crippen LogP contribution >= 0.6 is 23.2 Å². The molecule has 0 N–H and O–H groups in total. The van der Waals surface area contributed by atoms with Crippen molar-refractivity contribution in [2.45, 2.75) is 6.61 Å². The van der Waals surface area contributed by atoms with Crippen molar-refractivity contribution in [1.82, 2.24) is 0 Å². The van der Waals surface area contributed by atoms with Crippen molar-refractivity contribution in [2.75, 3.05) is 7.11 Å². The van der Waals surface area contributed by atoms with Gasteiger partial charge in [-0.05, 0) is 18.2 Å². The Morgan fingerprint density at radius 2 is 2.05 bits per heavy atom. The van der Waals surface area contributed by atoms with Gasteiger partial charge in [-0.25, -0.2) is 4.39 Å². The van der Waals surface area contributed by atoms with Crippen molar-refractivity contribution in [2.24, 2.45) is 0 Å². The molecule has 6 heteroatoms. The summed E-state index contributed by atoms with van der Waals surface area (Å²) < 4.78 is 24.3. The van der Waals surface area contributed by atoms with E-state index in [4.69, 9.17) is 32.7 Å². The molecule has 110 valence electrons. The quantitative estimate of drug-likeness (QED) is 0.756.